The molecule has 1 amide bonds. The number of nitrogens with one attached hydrogen (secondary N) is 1. The van der Waals surface area contributed by atoms with Gasteiger partial charge < -0.3 is 14.8 Å². The zero-order chi connectivity index (χ0) is 18.6. The van der Waals surface area contributed by atoms with Gasteiger partial charge in [-0.05, 0) is 43.7 Å². The first-order valence-corrected chi connectivity index (χ1v) is 7.81. The highest BCUT2D eigenvalue weighted by Crippen LogP contribution is 2.27. The summed E-state index contributed by atoms with van der Waals surface area (Å²) < 4.78 is 23.3. The van der Waals surface area contributed by atoms with Crippen LogP contribution < -0.4 is 10.1 Å². The van der Waals surface area contributed by atoms with E-state index in [1.807, 2.05) is 0 Å². The number of benzene rings is 2. The molecule has 0 aliphatic rings. The fourth-order valence-electron chi connectivity index (χ4n) is 2.15. The van der Waals surface area contributed by atoms with E-state index in [-0.39, 0.29) is 16.3 Å². The van der Waals surface area contributed by atoms with Crippen LogP contribution in [0.1, 0.15) is 22.8 Å². The van der Waals surface area contributed by atoms with Crippen LogP contribution in [-0.4, -0.2) is 25.1 Å². The van der Waals surface area contributed by atoms with Crippen molar-refractivity contribution in [3.8, 4) is 5.75 Å². The van der Waals surface area contributed by atoms with Crippen LogP contribution in [0, 0.1) is 12.7 Å². The van der Waals surface area contributed by atoms with Crippen LogP contribution in [0.3, 0.4) is 0 Å². The number of hydrogen-bond acceptors (Lipinski definition) is 4. The standard InChI is InChI=1S/C18H17ClFNO4/c1-10-5-4-6-13(18(23)24-3)16(10)21-17(22)11(2)25-15-8-7-12(20)9-14(15)19/h4-9,11H,1-3H3,(H,21,22). The molecule has 1 unspecified atom stereocenters. The Hall–Kier alpha value is -2.60. The molecule has 0 heterocycles. The second kappa shape index (κ2) is 7.98. The van der Waals surface area contributed by atoms with Crippen molar-refractivity contribution in [2.24, 2.45) is 0 Å². The Balaban J connectivity index is 2.18. The lowest BCUT2D eigenvalue weighted by Crippen LogP contribution is -2.31. The normalized spacial score (nSPS) is 11.6. The van der Waals surface area contributed by atoms with E-state index < -0.39 is 23.8 Å². The molecule has 0 radical (unpaired) electrons. The van der Waals surface area contributed by atoms with Gasteiger partial charge in [-0.3, -0.25) is 4.79 Å². The summed E-state index contributed by atoms with van der Waals surface area (Å²) in [4.78, 5) is 24.3. The first-order valence-electron chi connectivity index (χ1n) is 7.44. The van der Waals surface area contributed by atoms with Crippen molar-refractivity contribution in [2.45, 2.75) is 20.0 Å². The molecule has 0 aromatic heterocycles. The van der Waals surface area contributed by atoms with Gasteiger partial charge in [0.1, 0.15) is 11.6 Å². The van der Waals surface area contributed by atoms with E-state index in [1.54, 1.807) is 25.1 Å². The van der Waals surface area contributed by atoms with Gasteiger partial charge in [0.05, 0.1) is 23.4 Å². The Bertz CT molecular complexity index is 810. The Morgan fingerprint density at radius 3 is 2.60 bits per heavy atom. The molecule has 2 aromatic carbocycles. The smallest absolute Gasteiger partial charge is 0.339 e. The number of halogens is 2. The van der Waals surface area contributed by atoms with Crippen LogP contribution in [0.25, 0.3) is 0 Å². The summed E-state index contributed by atoms with van der Waals surface area (Å²) in [5.74, 6) is -1.37. The second-order valence-electron chi connectivity index (χ2n) is 5.31. The molecular weight excluding hydrogens is 349 g/mol. The zero-order valence-corrected chi connectivity index (χ0v) is 14.7. The van der Waals surface area contributed by atoms with Gasteiger partial charge in [0.2, 0.25) is 0 Å². The lowest BCUT2D eigenvalue weighted by molar-refractivity contribution is -0.122. The van der Waals surface area contributed by atoms with Gasteiger partial charge in [0.25, 0.3) is 5.91 Å². The number of amides is 1. The Kier molecular flexibility index (Phi) is 5.98. The number of para-hydroxylation sites is 1. The fraction of sp³-hybridized carbons (Fsp3) is 0.222. The molecule has 0 bridgehead atoms. The molecule has 7 heteroatoms. The lowest BCUT2D eigenvalue weighted by atomic mass is 10.1. The molecule has 0 saturated heterocycles. The third-order valence-electron chi connectivity index (χ3n) is 3.49. The van der Waals surface area contributed by atoms with Crippen molar-refractivity contribution in [2.75, 3.05) is 12.4 Å². The molecule has 2 rings (SSSR count). The third-order valence-corrected chi connectivity index (χ3v) is 3.79. The molecule has 25 heavy (non-hydrogen) atoms. The minimum absolute atomic E-state index is 0.0609. The minimum atomic E-state index is -0.923. The number of esters is 1. The van der Waals surface area contributed by atoms with Crippen molar-refractivity contribution < 1.29 is 23.5 Å². The number of anilines is 1. The van der Waals surface area contributed by atoms with E-state index in [1.165, 1.54) is 26.2 Å². The van der Waals surface area contributed by atoms with Gasteiger partial charge in [0, 0.05) is 0 Å². The molecule has 0 aliphatic heterocycles. The van der Waals surface area contributed by atoms with Gasteiger partial charge in [-0.2, -0.15) is 0 Å². The van der Waals surface area contributed by atoms with Crippen LogP contribution in [0.2, 0.25) is 5.02 Å². The van der Waals surface area contributed by atoms with E-state index in [9.17, 15) is 14.0 Å². The largest absolute Gasteiger partial charge is 0.479 e. The predicted molar refractivity (Wildman–Crippen MR) is 92.6 cm³/mol. The Morgan fingerprint density at radius 1 is 1.24 bits per heavy atom. The third kappa shape index (κ3) is 4.48. The quantitative estimate of drug-likeness (QED) is 0.814. The molecule has 0 spiro atoms. The number of aryl methyl sites for hydroxylation is 1. The number of ether oxygens (including phenoxy) is 2. The second-order valence-corrected chi connectivity index (χ2v) is 5.72. The predicted octanol–water partition coefficient (Wildman–Crippen LogP) is 3.98. The Morgan fingerprint density at radius 2 is 1.96 bits per heavy atom. The summed E-state index contributed by atoms with van der Waals surface area (Å²) in [5, 5.41) is 2.72. The number of hydrogen-bond donors (Lipinski definition) is 1. The molecule has 0 aliphatic carbocycles. The van der Waals surface area contributed by atoms with Crippen molar-refractivity contribution in [1.82, 2.24) is 0 Å². The molecule has 1 N–H and O–H groups in total. The molecule has 5 nitrogen and oxygen atoms in total. The zero-order valence-electron chi connectivity index (χ0n) is 13.9. The average molecular weight is 366 g/mol. The average Bonchev–Trinajstić information content (AvgIpc) is 2.58. The fourth-order valence-corrected chi connectivity index (χ4v) is 2.37. The van der Waals surface area contributed by atoms with E-state index in [0.717, 1.165) is 6.07 Å². The van der Waals surface area contributed by atoms with Crippen LogP contribution >= 0.6 is 11.6 Å². The van der Waals surface area contributed by atoms with Gasteiger partial charge >= 0.3 is 5.97 Å². The maximum Gasteiger partial charge on any atom is 0.339 e. The van der Waals surface area contributed by atoms with Gasteiger partial charge in [0.15, 0.2) is 6.10 Å². The summed E-state index contributed by atoms with van der Waals surface area (Å²) in [5.41, 5.74) is 1.28. The van der Waals surface area contributed by atoms with E-state index >= 15 is 0 Å². The maximum absolute atomic E-state index is 13.1. The highest BCUT2D eigenvalue weighted by Gasteiger charge is 2.21. The number of carbonyl (C=O) groups excluding carboxylic acids is 2. The van der Waals surface area contributed by atoms with Crippen molar-refractivity contribution in [1.29, 1.82) is 0 Å². The molecule has 2 aromatic rings. The molecule has 0 saturated carbocycles. The van der Waals surface area contributed by atoms with Crippen LogP contribution in [0.15, 0.2) is 36.4 Å². The van der Waals surface area contributed by atoms with Gasteiger partial charge in [-0.15, -0.1) is 0 Å². The SMILES string of the molecule is COC(=O)c1cccc(C)c1NC(=O)C(C)Oc1ccc(F)cc1Cl. The van der Waals surface area contributed by atoms with Gasteiger partial charge in [-0.25, -0.2) is 9.18 Å². The number of carbonyl (C=O) groups is 2. The summed E-state index contributed by atoms with van der Waals surface area (Å²) in [6, 6.07) is 8.62. The first kappa shape index (κ1) is 18.7. The number of rotatable bonds is 5. The molecule has 1 atom stereocenters. The van der Waals surface area contributed by atoms with Crippen molar-refractivity contribution in [3.63, 3.8) is 0 Å². The summed E-state index contributed by atoms with van der Waals surface area (Å²) in [6.45, 7) is 3.27. The van der Waals surface area contributed by atoms with E-state index in [2.05, 4.69) is 5.32 Å². The maximum atomic E-state index is 13.1. The highest BCUT2D eigenvalue weighted by atomic mass is 35.5. The first-order chi connectivity index (χ1) is 11.8. The van der Waals surface area contributed by atoms with Crippen LogP contribution in [0.4, 0.5) is 10.1 Å². The number of methoxy groups -OCH3 is 1. The monoisotopic (exact) mass is 365 g/mol. The van der Waals surface area contributed by atoms with E-state index in [4.69, 9.17) is 21.1 Å². The van der Waals surface area contributed by atoms with Crippen LogP contribution in [-0.2, 0) is 9.53 Å². The lowest BCUT2D eigenvalue weighted by Gasteiger charge is -2.18. The van der Waals surface area contributed by atoms with E-state index in [0.29, 0.717) is 11.3 Å². The minimum Gasteiger partial charge on any atom is -0.479 e. The highest BCUT2D eigenvalue weighted by molar-refractivity contribution is 6.32. The molecule has 132 valence electrons. The van der Waals surface area contributed by atoms with Crippen molar-refractivity contribution >= 4 is 29.2 Å². The van der Waals surface area contributed by atoms with Crippen LogP contribution in [0.5, 0.6) is 5.75 Å². The summed E-state index contributed by atoms with van der Waals surface area (Å²) >= 11 is 5.89. The summed E-state index contributed by atoms with van der Waals surface area (Å²) in [6.07, 6.45) is -0.923. The summed E-state index contributed by atoms with van der Waals surface area (Å²) in [7, 11) is 1.26. The molecule has 0 fully saturated rings. The van der Waals surface area contributed by atoms with Crippen molar-refractivity contribution in [3.05, 3.63) is 58.4 Å². The van der Waals surface area contributed by atoms with Gasteiger partial charge in [-0.1, -0.05) is 23.7 Å². The topological polar surface area (TPSA) is 64.6 Å². The Labute approximate surface area is 149 Å². The molecular formula is C18H17ClFNO4.